The lowest BCUT2D eigenvalue weighted by molar-refractivity contribution is 0.248. The number of hydrogen-bond acceptors (Lipinski definition) is 2. The number of fused-ring (bicyclic) bond motifs is 1. The molecule has 0 spiro atoms. The van der Waals surface area contributed by atoms with Crippen molar-refractivity contribution in [2.75, 3.05) is 5.32 Å². The summed E-state index contributed by atoms with van der Waals surface area (Å²) in [7, 11) is 0. The molecule has 0 fully saturated rings. The molecule has 1 aliphatic heterocycles. The average Bonchev–Trinajstić information content (AvgIpc) is 2.80. The van der Waals surface area contributed by atoms with E-state index >= 15 is 0 Å². The predicted molar refractivity (Wildman–Crippen MR) is 66.7 cm³/mol. The van der Waals surface area contributed by atoms with E-state index in [4.69, 9.17) is 0 Å². The van der Waals surface area contributed by atoms with Crippen molar-refractivity contribution in [2.24, 2.45) is 0 Å². The van der Waals surface area contributed by atoms with Gasteiger partial charge in [-0.2, -0.15) is 5.10 Å². The number of urea groups is 1. The van der Waals surface area contributed by atoms with Gasteiger partial charge >= 0.3 is 6.03 Å². The largest absolute Gasteiger partial charge is 0.325 e. The normalized spacial score (nSPS) is 18.2. The Balaban J connectivity index is 2.11. The smallest absolute Gasteiger partial charge is 0.320 e. The number of rotatable bonds is 1. The number of nitrogens with one attached hydrogen (secondary N) is 3. The van der Waals surface area contributed by atoms with Crippen molar-refractivity contribution in [1.29, 1.82) is 0 Å². The summed E-state index contributed by atoms with van der Waals surface area (Å²) in [6.07, 6.45) is 1.67. The van der Waals surface area contributed by atoms with Gasteiger partial charge in [-0.05, 0) is 18.2 Å². The van der Waals surface area contributed by atoms with Gasteiger partial charge in [0.25, 0.3) is 0 Å². The molecular formula is C11H9BrN4O. The van der Waals surface area contributed by atoms with Crippen LogP contribution in [0.1, 0.15) is 17.3 Å². The van der Waals surface area contributed by atoms with Crippen molar-refractivity contribution in [3.63, 3.8) is 0 Å². The Hall–Kier alpha value is -1.82. The lowest BCUT2D eigenvalue weighted by atomic mass is 10.00. The summed E-state index contributed by atoms with van der Waals surface area (Å²) in [5, 5.41) is 12.4. The fourth-order valence-corrected chi connectivity index (χ4v) is 2.29. The van der Waals surface area contributed by atoms with Crippen molar-refractivity contribution < 1.29 is 4.79 Å². The number of carbonyl (C=O) groups is 1. The van der Waals surface area contributed by atoms with Crippen LogP contribution >= 0.6 is 15.9 Å². The van der Waals surface area contributed by atoms with Crippen LogP contribution in [0.5, 0.6) is 0 Å². The third kappa shape index (κ3) is 1.80. The summed E-state index contributed by atoms with van der Waals surface area (Å²) in [6, 6.07) is 7.25. The molecule has 2 amide bonds. The SMILES string of the molecule is O=C1Nc2cc(Br)ccc2C(c2ccn[nH]2)N1. The van der Waals surface area contributed by atoms with Crippen LogP contribution in [0.15, 0.2) is 34.9 Å². The molecule has 1 aliphatic rings. The fraction of sp³-hybridized carbons (Fsp3) is 0.0909. The highest BCUT2D eigenvalue weighted by molar-refractivity contribution is 9.10. The van der Waals surface area contributed by atoms with Gasteiger partial charge in [0.2, 0.25) is 0 Å². The number of amides is 2. The highest BCUT2D eigenvalue weighted by Gasteiger charge is 2.26. The number of anilines is 1. The maximum atomic E-state index is 11.6. The molecule has 6 heteroatoms. The van der Waals surface area contributed by atoms with E-state index in [-0.39, 0.29) is 12.1 Å². The van der Waals surface area contributed by atoms with Gasteiger partial charge in [0.05, 0.1) is 11.7 Å². The molecule has 0 saturated heterocycles. The molecule has 0 saturated carbocycles. The molecule has 1 unspecified atom stereocenters. The van der Waals surface area contributed by atoms with Gasteiger partial charge in [0.15, 0.2) is 0 Å². The van der Waals surface area contributed by atoms with Gasteiger partial charge in [-0.1, -0.05) is 22.0 Å². The topological polar surface area (TPSA) is 69.8 Å². The Morgan fingerprint density at radius 2 is 2.18 bits per heavy atom. The first-order chi connectivity index (χ1) is 8.24. The maximum Gasteiger partial charge on any atom is 0.320 e. The molecule has 0 aliphatic carbocycles. The highest BCUT2D eigenvalue weighted by atomic mass is 79.9. The molecule has 0 radical (unpaired) electrons. The third-order valence-corrected chi connectivity index (χ3v) is 3.18. The van der Waals surface area contributed by atoms with Crippen LogP contribution in [0, 0.1) is 0 Å². The molecule has 5 nitrogen and oxygen atoms in total. The Morgan fingerprint density at radius 1 is 1.29 bits per heavy atom. The van der Waals surface area contributed by atoms with Crippen molar-refractivity contribution in [3.8, 4) is 0 Å². The predicted octanol–water partition coefficient (Wildman–Crippen LogP) is 2.40. The van der Waals surface area contributed by atoms with Gasteiger partial charge < -0.3 is 10.6 Å². The zero-order valence-corrected chi connectivity index (χ0v) is 10.3. The lowest BCUT2D eigenvalue weighted by Gasteiger charge is -2.26. The second-order valence-corrected chi connectivity index (χ2v) is 4.69. The van der Waals surface area contributed by atoms with Crippen LogP contribution in [0.4, 0.5) is 10.5 Å². The zero-order chi connectivity index (χ0) is 11.8. The van der Waals surface area contributed by atoms with Gasteiger partial charge in [-0.3, -0.25) is 5.10 Å². The van der Waals surface area contributed by atoms with Crippen molar-refractivity contribution in [3.05, 3.63) is 46.2 Å². The minimum atomic E-state index is -0.213. The summed E-state index contributed by atoms with van der Waals surface area (Å²) in [4.78, 5) is 11.6. The number of H-pyrrole nitrogens is 1. The lowest BCUT2D eigenvalue weighted by Crippen LogP contribution is -2.38. The van der Waals surface area contributed by atoms with E-state index in [1.54, 1.807) is 6.20 Å². The number of benzene rings is 1. The average molecular weight is 293 g/mol. The maximum absolute atomic E-state index is 11.6. The molecule has 1 aromatic heterocycles. The quantitative estimate of drug-likeness (QED) is 0.755. The first kappa shape index (κ1) is 10.3. The van der Waals surface area contributed by atoms with Crippen LogP contribution in [0.3, 0.4) is 0 Å². The van der Waals surface area contributed by atoms with E-state index in [9.17, 15) is 4.79 Å². The summed E-state index contributed by atoms with van der Waals surface area (Å²) in [5.74, 6) is 0. The summed E-state index contributed by atoms with van der Waals surface area (Å²) in [5.41, 5.74) is 2.68. The van der Waals surface area contributed by atoms with E-state index in [2.05, 4.69) is 36.8 Å². The molecule has 1 atom stereocenters. The summed E-state index contributed by atoms with van der Waals surface area (Å²) < 4.78 is 0.932. The zero-order valence-electron chi connectivity index (χ0n) is 8.70. The molecule has 86 valence electrons. The van der Waals surface area contributed by atoms with Crippen molar-refractivity contribution in [1.82, 2.24) is 15.5 Å². The third-order valence-electron chi connectivity index (χ3n) is 2.68. The second-order valence-electron chi connectivity index (χ2n) is 3.78. The van der Waals surface area contributed by atoms with Gasteiger partial charge in [-0.15, -0.1) is 0 Å². The number of carbonyl (C=O) groups excluding carboxylic acids is 1. The monoisotopic (exact) mass is 292 g/mol. The Morgan fingerprint density at radius 3 is 2.94 bits per heavy atom. The molecular weight excluding hydrogens is 284 g/mol. The number of aromatic amines is 1. The molecule has 3 N–H and O–H groups in total. The molecule has 2 aromatic rings. The van der Waals surface area contributed by atoms with E-state index in [1.807, 2.05) is 24.3 Å². The van der Waals surface area contributed by atoms with Crippen LogP contribution < -0.4 is 10.6 Å². The number of nitrogens with zero attached hydrogens (tertiary/aromatic N) is 1. The Kier molecular flexibility index (Phi) is 2.36. The minimum absolute atomic E-state index is 0.186. The van der Waals surface area contributed by atoms with Gasteiger partial charge in [0.1, 0.15) is 0 Å². The number of halogens is 1. The fourth-order valence-electron chi connectivity index (χ4n) is 1.93. The molecule has 1 aromatic carbocycles. The van der Waals surface area contributed by atoms with Crippen LogP contribution in [0.2, 0.25) is 0 Å². The second kappa shape index (κ2) is 3.89. The Labute approximate surface area is 106 Å². The first-order valence-corrected chi connectivity index (χ1v) is 5.89. The molecule has 17 heavy (non-hydrogen) atoms. The van der Waals surface area contributed by atoms with E-state index < -0.39 is 0 Å². The van der Waals surface area contributed by atoms with E-state index in [0.29, 0.717) is 0 Å². The van der Waals surface area contributed by atoms with Crippen molar-refractivity contribution in [2.45, 2.75) is 6.04 Å². The minimum Gasteiger partial charge on any atom is -0.325 e. The summed E-state index contributed by atoms with van der Waals surface area (Å²) in [6.45, 7) is 0. The van der Waals surface area contributed by atoms with Crippen LogP contribution in [-0.2, 0) is 0 Å². The first-order valence-electron chi connectivity index (χ1n) is 5.10. The van der Waals surface area contributed by atoms with E-state index in [1.165, 1.54) is 0 Å². The number of hydrogen-bond donors (Lipinski definition) is 3. The standard InChI is InChI=1S/C11H9BrN4O/c12-6-1-2-7-9(5-6)14-11(17)15-10(7)8-3-4-13-16-8/h1-5,10H,(H,13,16)(H2,14,15,17). The van der Waals surface area contributed by atoms with Crippen LogP contribution in [-0.4, -0.2) is 16.2 Å². The van der Waals surface area contributed by atoms with Crippen LogP contribution in [0.25, 0.3) is 0 Å². The Bertz CT molecular complexity index is 567. The molecule has 2 heterocycles. The van der Waals surface area contributed by atoms with Gasteiger partial charge in [-0.25, -0.2) is 4.79 Å². The number of aromatic nitrogens is 2. The van der Waals surface area contributed by atoms with E-state index in [0.717, 1.165) is 21.4 Å². The highest BCUT2D eigenvalue weighted by Crippen LogP contribution is 2.32. The van der Waals surface area contributed by atoms with Gasteiger partial charge in [0, 0.05) is 21.9 Å². The van der Waals surface area contributed by atoms with Crippen molar-refractivity contribution >= 4 is 27.6 Å². The molecule has 0 bridgehead atoms. The molecule has 3 rings (SSSR count). The summed E-state index contributed by atoms with van der Waals surface area (Å²) >= 11 is 3.39.